The van der Waals surface area contributed by atoms with Crippen LogP contribution < -0.4 is 14.4 Å². The molecular formula is C20H22F3N3O6S. The highest BCUT2D eigenvalue weighted by atomic mass is 32.2. The third-order valence-corrected chi connectivity index (χ3v) is 5.83. The molecule has 2 aromatic rings. The van der Waals surface area contributed by atoms with Crippen LogP contribution in [0.1, 0.15) is 24.5 Å². The number of rotatable bonds is 9. The summed E-state index contributed by atoms with van der Waals surface area (Å²) in [6.07, 6.45) is -3.76. The van der Waals surface area contributed by atoms with Gasteiger partial charge in [0.25, 0.3) is 5.69 Å². The second-order valence-corrected chi connectivity index (χ2v) is 8.87. The molecule has 180 valence electrons. The number of nitrogens with zero attached hydrogens (tertiary/aromatic N) is 2. The van der Waals surface area contributed by atoms with Gasteiger partial charge < -0.3 is 10.1 Å². The van der Waals surface area contributed by atoms with Crippen LogP contribution in [0.15, 0.2) is 42.5 Å². The van der Waals surface area contributed by atoms with E-state index in [0.717, 1.165) is 30.5 Å². The number of hydrogen-bond acceptors (Lipinski definition) is 6. The molecular weight excluding hydrogens is 467 g/mol. The van der Waals surface area contributed by atoms with Gasteiger partial charge >= 0.3 is 6.18 Å². The lowest BCUT2D eigenvalue weighted by Gasteiger charge is -2.31. The molecule has 0 aliphatic heterocycles. The fraction of sp³-hybridized carbons (Fsp3) is 0.350. The number of nitro groups is 1. The van der Waals surface area contributed by atoms with Gasteiger partial charge in [-0.15, -0.1) is 0 Å². The van der Waals surface area contributed by atoms with Gasteiger partial charge in [0.2, 0.25) is 15.9 Å². The van der Waals surface area contributed by atoms with Crippen molar-refractivity contribution in [3.8, 4) is 5.75 Å². The van der Waals surface area contributed by atoms with E-state index in [4.69, 9.17) is 4.74 Å². The van der Waals surface area contributed by atoms with Gasteiger partial charge in [-0.25, -0.2) is 8.42 Å². The van der Waals surface area contributed by atoms with E-state index in [1.807, 2.05) is 0 Å². The number of sulfonamides is 1. The summed E-state index contributed by atoms with van der Waals surface area (Å²) < 4.78 is 69.8. The van der Waals surface area contributed by atoms with Crippen LogP contribution in [0.25, 0.3) is 0 Å². The topological polar surface area (TPSA) is 119 Å². The predicted molar refractivity (Wildman–Crippen MR) is 114 cm³/mol. The normalized spacial score (nSPS) is 12.7. The number of benzene rings is 2. The van der Waals surface area contributed by atoms with Crippen molar-refractivity contribution in [2.45, 2.75) is 32.1 Å². The summed E-state index contributed by atoms with van der Waals surface area (Å²) in [6, 6.07) is 6.30. The number of non-ortho nitro benzene ring substituents is 1. The van der Waals surface area contributed by atoms with Gasteiger partial charge in [-0.05, 0) is 30.2 Å². The summed E-state index contributed by atoms with van der Waals surface area (Å²) in [6.45, 7) is 1.24. The molecule has 1 amide bonds. The van der Waals surface area contributed by atoms with Crippen LogP contribution in [0.3, 0.4) is 0 Å². The fourth-order valence-electron chi connectivity index (χ4n) is 3.16. The van der Waals surface area contributed by atoms with Gasteiger partial charge in [0.15, 0.2) is 0 Å². The molecule has 0 aliphatic carbocycles. The van der Waals surface area contributed by atoms with Gasteiger partial charge in [-0.3, -0.25) is 19.2 Å². The lowest BCUT2D eigenvalue weighted by molar-refractivity contribution is -0.384. The first-order chi connectivity index (χ1) is 15.3. The third-order valence-electron chi connectivity index (χ3n) is 4.66. The summed E-state index contributed by atoms with van der Waals surface area (Å²) in [5.41, 5.74) is -1.36. The largest absolute Gasteiger partial charge is 0.495 e. The quantitative estimate of drug-likeness (QED) is 0.426. The zero-order chi connectivity index (χ0) is 25.0. The third kappa shape index (κ3) is 6.34. The van der Waals surface area contributed by atoms with Crippen LogP contribution in [0.5, 0.6) is 5.75 Å². The Hall–Kier alpha value is -3.35. The number of carbonyl (C=O) groups is 1. The van der Waals surface area contributed by atoms with Gasteiger partial charge in [0.05, 0.1) is 23.9 Å². The summed E-state index contributed by atoms with van der Waals surface area (Å²) in [5.74, 6) is -0.816. The van der Waals surface area contributed by atoms with Crippen molar-refractivity contribution in [3.05, 3.63) is 63.7 Å². The molecule has 0 spiro atoms. The molecule has 0 radical (unpaired) electrons. The van der Waals surface area contributed by atoms with Crippen molar-refractivity contribution in [2.24, 2.45) is 0 Å². The average molecular weight is 489 g/mol. The Kier molecular flexibility index (Phi) is 7.90. The Morgan fingerprint density at radius 3 is 2.42 bits per heavy atom. The number of nitrogens with one attached hydrogen (secondary N) is 1. The molecule has 13 heteroatoms. The molecule has 1 N–H and O–H groups in total. The highest BCUT2D eigenvalue weighted by Gasteiger charge is 2.34. The van der Waals surface area contributed by atoms with E-state index in [-0.39, 0.29) is 30.0 Å². The van der Waals surface area contributed by atoms with Crippen molar-refractivity contribution >= 4 is 27.3 Å². The number of ether oxygens (including phenoxy) is 1. The van der Waals surface area contributed by atoms with Crippen molar-refractivity contribution in [2.75, 3.05) is 17.7 Å². The van der Waals surface area contributed by atoms with Crippen LogP contribution in [0.4, 0.5) is 24.5 Å². The first-order valence-electron chi connectivity index (χ1n) is 9.55. The monoisotopic (exact) mass is 489 g/mol. The van der Waals surface area contributed by atoms with E-state index >= 15 is 0 Å². The number of methoxy groups -OCH3 is 1. The molecule has 9 nitrogen and oxygen atoms in total. The maximum atomic E-state index is 12.9. The van der Waals surface area contributed by atoms with E-state index < -0.39 is 44.3 Å². The minimum Gasteiger partial charge on any atom is -0.495 e. The van der Waals surface area contributed by atoms with Gasteiger partial charge in [-0.2, -0.15) is 13.2 Å². The SMILES string of the molecule is CC[C@@H](C(=O)NCc1cccc(C(F)(F)F)c1)N(c1cc([N+](=O)[O-])ccc1OC)S(C)(=O)=O. The Bertz CT molecular complexity index is 1140. The van der Waals surface area contributed by atoms with Crippen molar-refractivity contribution < 1.29 is 36.0 Å². The van der Waals surface area contributed by atoms with E-state index in [1.54, 1.807) is 0 Å². The number of halogens is 3. The molecule has 2 aromatic carbocycles. The van der Waals surface area contributed by atoms with Crippen molar-refractivity contribution in [1.29, 1.82) is 0 Å². The van der Waals surface area contributed by atoms with Gasteiger partial charge in [0, 0.05) is 18.7 Å². The molecule has 0 fully saturated rings. The molecule has 33 heavy (non-hydrogen) atoms. The first kappa shape index (κ1) is 25.9. The van der Waals surface area contributed by atoms with Crippen molar-refractivity contribution in [1.82, 2.24) is 5.32 Å². The Balaban J connectivity index is 2.40. The summed E-state index contributed by atoms with van der Waals surface area (Å²) >= 11 is 0. The molecule has 0 bridgehead atoms. The van der Waals surface area contributed by atoms with Gasteiger partial charge in [0.1, 0.15) is 17.5 Å². The number of carbonyl (C=O) groups excluding carboxylic acids is 1. The molecule has 0 saturated carbocycles. The Morgan fingerprint density at radius 2 is 1.91 bits per heavy atom. The second kappa shape index (κ2) is 10.1. The Labute approximate surface area is 188 Å². The molecule has 0 heterocycles. The van der Waals surface area contributed by atoms with Crippen LogP contribution in [-0.2, 0) is 27.5 Å². The average Bonchev–Trinajstić information content (AvgIpc) is 2.74. The highest BCUT2D eigenvalue weighted by molar-refractivity contribution is 7.92. The van der Waals surface area contributed by atoms with Crippen molar-refractivity contribution in [3.63, 3.8) is 0 Å². The standard InChI is InChI=1S/C20H22F3N3O6S/c1-4-16(19(27)24-12-13-6-5-7-14(10-13)20(21,22)23)25(33(3,30)31)17-11-15(26(28)29)8-9-18(17)32-2/h5-11,16H,4,12H2,1-3H3,(H,24,27)/t16-/m0/s1. The van der Waals surface area contributed by atoms with E-state index in [2.05, 4.69) is 5.32 Å². The van der Waals surface area contributed by atoms with Crippen LogP contribution in [-0.4, -0.2) is 38.7 Å². The molecule has 0 aromatic heterocycles. The van der Waals surface area contributed by atoms with E-state index in [9.17, 15) is 36.5 Å². The number of nitro benzene ring substituents is 1. The number of alkyl halides is 3. The molecule has 1 atom stereocenters. The molecule has 0 aliphatic rings. The van der Waals surface area contributed by atoms with Gasteiger partial charge in [-0.1, -0.05) is 19.1 Å². The fourth-order valence-corrected chi connectivity index (χ4v) is 4.37. The second-order valence-electron chi connectivity index (χ2n) is 7.01. The smallest absolute Gasteiger partial charge is 0.416 e. The van der Waals surface area contributed by atoms with Crippen LogP contribution in [0.2, 0.25) is 0 Å². The zero-order valence-electron chi connectivity index (χ0n) is 17.9. The first-order valence-corrected chi connectivity index (χ1v) is 11.4. The minimum absolute atomic E-state index is 0.0184. The number of anilines is 1. The summed E-state index contributed by atoms with van der Waals surface area (Å²) in [4.78, 5) is 23.4. The maximum absolute atomic E-state index is 12.9. The van der Waals surface area contributed by atoms with Crippen LogP contribution in [0, 0.1) is 10.1 Å². The Morgan fingerprint density at radius 1 is 1.24 bits per heavy atom. The van der Waals surface area contributed by atoms with E-state index in [0.29, 0.717) is 4.31 Å². The summed E-state index contributed by atoms with van der Waals surface area (Å²) in [7, 11) is -2.90. The number of amides is 1. The lowest BCUT2D eigenvalue weighted by atomic mass is 10.1. The predicted octanol–water partition coefficient (Wildman–Crippen LogP) is 3.48. The van der Waals surface area contributed by atoms with E-state index in [1.165, 1.54) is 32.2 Å². The number of hydrogen-bond donors (Lipinski definition) is 1. The molecule has 0 unspecified atom stereocenters. The van der Waals surface area contributed by atoms with Crippen LogP contribution >= 0.6 is 0 Å². The highest BCUT2D eigenvalue weighted by Crippen LogP contribution is 2.35. The molecule has 2 rings (SSSR count). The molecule has 0 saturated heterocycles. The minimum atomic E-state index is -4.56. The zero-order valence-corrected chi connectivity index (χ0v) is 18.7. The summed E-state index contributed by atoms with van der Waals surface area (Å²) in [5, 5.41) is 13.6. The lowest BCUT2D eigenvalue weighted by Crippen LogP contribution is -2.49. The maximum Gasteiger partial charge on any atom is 0.416 e.